The quantitative estimate of drug-likeness (QED) is 0.442. The van der Waals surface area contributed by atoms with Crippen LogP contribution in [0.5, 0.6) is 11.5 Å². The average molecular weight is 391 g/mol. The normalized spacial score (nSPS) is 10.9. The maximum Gasteiger partial charge on any atom is 0.166 e. The van der Waals surface area contributed by atoms with E-state index in [4.69, 9.17) is 9.47 Å². The van der Waals surface area contributed by atoms with Gasteiger partial charge in [-0.1, -0.05) is 42.1 Å². The third-order valence-electron chi connectivity index (χ3n) is 4.51. The number of fused-ring (bicyclic) bond motifs is 1. The lowest BCUT2D eigenvalue weighted by molar-refractivity contribution is 0.303. The molecule has 2 aromatic carbocycles. The van der Waals surface area contributed by atoms with Crippen molar-refractivity contribution in [3.05, 3.63) is 77.6 Å². The molecule has 0 saturated carbocycles. The molecule has 4 rings (SSSR count). The first-order valence-corrected chi connectivity index (χ1v) is 9.99. The minimum absolute atomic E-state index is 0.545. The Bertz CT molecular complexity index is 1080. The molecule has 2 heterocycles. The Kier molecular flexibility index (Phi) is 5.48. The summed E-state index contributed by atoms with van der Waals surface area (Å²) in [6.45, 7) is 2.59. The van der Waals surface area contributed by atoms with Crippen LogP contribution in [0, 0.1) is 6.92 Å². The van der Waals surface area contributed by atoms with Gasteiger partial charge in [0.1, 0.15) is 18.1 Å². The SMILES string of the molecule is COc1ccc2[nH]c(SCc3nccc(OCc4ccccc4)c3C)nc2c1. The van der Waals surface area contributed by atoms with E-state index in [9.17, 15) is 0 Å². The lowest BCUT2D eigenvalue weighted by Gasteiger charge is -2.11. The number of nitrogens with one attached hydrogen (secondary N) is 1. The Labute approximate surface area is 168 Å². The number of aromatic amines is 1. The topological polar surface area (TPSA) is 60.0 Å². The molecule has 5 nitrogen and oxygen atoms in total. The minimum atomic E-state index is 0.545. The van der Waals surface area contributed by atoms with Crippen LogP contribution in [0.2, 0.25) is 0 Å². The summed E-state index contributed by atoms with van der Waals surface area (Å²) in [6, 6.07) is 17.9. The number of aromatic nitrogens is 3. The molecule has 2 aromatic heterocycles. The molecular weight excluding hydrogens is 370 g/mol. The van der Waals surface area contributed by atoms with E-state index in [0.717, 1.165) is 44.5 Å². The number of rotatable bonds is 7. The molecule has 0 bridgehead atoms. The average Bonchev–Trinajstić information content (AvgIpc) is 3.15. The molecule has 0 saturated heterocycles. The molecule has 0 aliphatic heterocycles. The fourth-order valence-corrected chi connectivity index (χ4v) is 3.80. The predicted molar refractivity (Wildman–Crippen MR) is 112 cm³/mol. The molecule has 1 N–H and O–H groups in total. The van der Waals surface area contributed by atoms with Crippen LogP contribution < -0.4 is 9.47 Å². The van der Waals surface area contributed by atoms with Gasteiger partial charge < -0.3 is 14.5 Å². The van der Waals surface area contributed by atoms with Crippen LogP contribution in [-0.4, -0.2) is 22.1 Å². The van der Waals surface area contributed by atoms with Gasteiger partial charge in [-0.15, -0.1) is 0 Å². The van der Waals surface area contributed by atoms with E-state index in [-0.39, 0.29) is 0 Å². The summed E-state index contributed by atoms with van der Waals surface area (Å²) in [7, 11) is 1.66. The highest BCUT2D eigenvalue weighted by atomic mass is 32.2. The standard InChI is InChI=1S/C22H21N3O2S/c1-15-20(23-11-10-21(15)27-13-16-6-4-3-5-7-16)14-28-22-24-18-9-8-17(26-2)12-19(18)25-22/h3-12H,13-14H2,1-2H3,(H,24,25). The van der Waals surface area contributed by atoms with E-state index >= 15 is 0 Å². The Morgan fingerprint density at radius 1 is 1.07 bits per heavy atom. The zero-order chi connectivity index (χ0) is 19.3. The molecule has 6 heteroatoms. The molecule has 0 spiro atoms. The van der Waals surface area contributed by atoms with Crippen LogP contribution in [0.1, 0.15) is 16.8 Å². The van der Waals surface area contributed by atoms with Gasteiger partial charge in [0.2, 0.25) is 0 Å². The first-order valence-electron chi connectivity index (χ1n) is 9.00. The van der Waals surface area contributed by atoms with Gasteiger partial charge in [0, 0.05) is 23.6 Å². The van der Waals surface area contributed by atoms with Crippen molar-refractivity contribution < 1.29 is 9.47 Å². The maximum atomic E-state index is 6.00. The van der Waals surface area contributed by atoms with Crippen molar-refractivity contribution in [1.29, 1.82) is 0 Å². The molecule has 0 atom stereocenters. The summed E-state index contributed by atoms with van der Waals surface area (Å²) in [5.74, 6) is 2.38. The van der Waals surface area contributed by atoms with Gasteiger partial charge in [-0.25, -0.2) is 4.98 Å². The van der Waals surface area contributed by atoms with Crippen LogP contribution in [0.4, 0.5) is 0 Å². The monoisotopic (exact) mass is 391 g/mol. The van der Waals surface area contributed by atoms with Crippen molar-refractivity contribution in [3.63, 3.8) is 0 Å². The number of benzene rings is 2. The summed E-state index contributed by atoms with van der Waals surface area (Å²) < 4.78 is 11.3. The number of nitrogens with zero attached hydrogens (tertiary/aromatic N) is 2. The highest BCUT2D eigenvalue weighted by Gasteiger charge is 2.10. The van der Waals surface area contributed by atoms with Crippen LogP contribution in [0.25, 0.3) is 11.0 Å². The van der Waals surface area contributed by atoms with Gasteiger partial charge in [0.05, 0.1) is 23.8 Å². The van der Waals surface area contributed by atoms with E-state index in [2.05, 4.69) is 27.1 Å². The van der Waals surface area contributed by atoms with Gasteiger partial charge in [-0.3, -0.25) is 4.98 Å². The summed E-state index contributed by atoms with van der Waals surface area (Å²) >= 11 is 1.62. The van der Waals surface area contributed by atoms with E-state index in [1.54, 1.807) is 25.1 Å². The second-order valence-electron chi connectivity index (χ2n) is 6.37. The number of H-pyrrole nitrogens is 1. The van der Waals surface area contributed by atoms with E-state index in [1.807, 2.05) is 49.4 Å². The highest BCUT2D eigenvalue weighted by Crippen LogP contribution is 2.28. The van der Waals surface area contributed by atoms with Crippen molar-refractivity contribution in [1.82, 2.24) is 15.0 Å². The number of methoxy groups -OCH3 is 1. The first-order chi connectivity index (χ1) is 13.7. The summed E-state index contributed by atoms with van der Waals surface area (Å²) in [4.78, 5) is 12.5. The summed E-state index contributed by atoms with van der Waals surface area (Å²) in [5, 5.41) is 0.861. The number of imidazole rings is 1. The van der Waals surface area contributed by atoms with Crippen molar-refractivity contribution >= 4 is 22.8 Å². The van der Waals surface area contributed by atoms with Gasteiger partial charge in [-0.2, -0.15) is 0 Å². The lowest BCUT2D eigenvalue weighted by Crippen LogP contribution is -2.00. The maximum absolute atomic E-state index is 6.00. The first kappa shape index (κ1) is 18.4. The zero-order valence-electron chi connectivity index (χ0n) is 15.8. The van der Waals surface area contributed by atoms with Crippen LogP contribution in [0.15, 0.2) is 66.0 Å². The molecule has 0 amide bonds. The van der Waals surface area contributed by atoms with Crippen molar-refractivity contribution in [2.75, 3.05) is 7.11 Å². The Morgan fingerprint density at radius 2 is 1.93 bits per heavy atom. The van der Waals surface area contributed by atoms with Crippen LogP contribution >= 0.6 is 11.8 Å². The van der Waals surface area contributed by atoms with E-state index < -0.39 is 0 Å². The fraction of sp³-hybridized carbons (Fsp3) is 0.182. The molecular formula is C22H21N3O2S. The second kappa shape index (κ2) is 8.35. The van der Waals surface area contributed by atoms with E-state index in [1.165, 1.54) is 0 Å². The van der Waals surface area contributed by atoms with Gasteiger partial charge in [0.25, 0.3) is 0 Å². The number of pyridine rings is 1. The zero-order valence-corrected chi connectivity index (χ0v) is 16.6. The third kappa shape index (κ3) is 4.12. The Balaban J connectivity index is 1.44. The fourth-order valence-electron chi connectivity index (χ4n) is 2.89. The second-order valence-corrected chi connectivity index (χ2v) is 7.33. The minimum Gasteiger partial charge on any atom is -0.497 e. The molecule has 0 aliphatic rings. The molecule has 0 fully saturated rings. The molecule has 4 aromatic rings. The lowest BCUT2D eigenvalue weighted by atomic mass is 10.2. The van der Waals surface area contributed by atoms with Crippen LogP contribution in [-0.2, 0) is 12.4 Å². The largest absolute Gasteiger partial charge is 0.497 e. The number of hydrogen-bond acceptors (Lipinski definition) is 5. The predicted octanol–water partition coefficient (Wildman–Crippen LogP) is 5.15. The van der Waals surface area contributed by atoms with Crippen molar-refractivity contribution in [2.24, 2.45) is 0 Å². The third-order valence-corrected chi connectivity index (χ3v) is 5.39. The molecule has 0 unspecified atom stereocenters. The Morgan fingerprint density at radius 3 is 2.75 bits per heavy atom. The molecule has 0 aliphatic carbocycles. The molecule has 0 radical (unpaired) electrons. The van der Waals surface area contributed by atoms with Gasteiger partial charge in [-0.05, 0) is 30.7 Å². The molecule has 28 heavy (non-hydrogen) atoms. The van der Waals surface area contributed by atoms with Gasteiger partial charge >= 0.3 is 0 Å². The Hall–Kier alpha value is -2.99. The summed E-state index contributed by atoms with van der Waals surface area (Å²) in [5.41, 5.74) is 5.09. The number of thioether (sulfide) groups is 1. The number of ether oxygens (including phenoxy) is 2. The van der Waals surface area contributed by atoms with E-state index in [0.29, 0.717) is 12.4 Å². The smallest absolute Gasteiger partial charge is 0.166 e. The van der Waals surface area contributed by atoms with Crippen molar-refractivity contribution in [2.45, 2.75) is 24.4 Å². The highest BCUT2D eigenvalue weighted by molar-refractivity contribution is 7.98. The number of hydrogen-bond donors (Lipinski definition) is 1. The van der Waals surface area contributed by atoms with Gasteiger partial charge in [0.15, 0.2) is 5.16 Å². The summed E-state index contributed by atoms with van der Waals surface area (Å²) in [6.07, 6.45) is 1.80. The van der Waals surface area contributed by atoms with Crippen LogP contribution in [0.3, 0.4) is 0 Å². The molecule has 142 valence electrons. The van der Waals surface area contributed by atoms with Crippen molar-refractivity contribution in [3.8, 4) is 11.5 Å².